The molecule has 324 valence electrons. The summed E-state index contributed by atoms with van der Waals surface area (Å²) in [7, 11) is 0. The molecule has 2 saturated heterocycles. The van der Waals surface area contributed by atoms with Crippen molar-refractivity contribution >= 4 is 35.3 Å². The summed E-state index contributed by atoms with van der Waals surface area (Å²) in [5, 5.41) is 27.0. The van der Waals surface area contributed by atoms with Crippen molar-refractivity contribution in [3.63, 3.8) is 0 Å². The molecule has 0 unspecified atom stereocenters. The first-order valence-corrected chi connectivity index (χ1v) is 22.0. The molecule has 1 saturated carbocycles. The highest BCUT2D eigenvalue weighted by Crippen LogP contribution is 2.34. The molecule has 3 heterocycles. The molecule has 1 aromatic heterocycles. The van der Waals surface area contributed by atoms with Crippen LogP contribution in [0.1, 0.15) is 110 Å². The normalized spacial score (nSPS) is 15.4. The average molecular weight is 854 g/mol. The van der Waals surface area contributed by atoms with E-state index in [9.17, 15) is 29.7 Å². The maximum absolute atomic E-state index is 14.7. The fourth-order valence-electron chi connectivity index (χ4n) is 8.63. The zero-order chi connectivity index (χ0) is 44.7. The zero-order valence-electron chi connectivity index (χ0n) is 36.2. The fourth-order valence-corrected chi connectivity index (χ4v) is 8.63. The second-order valence-corrected chi connectivity index (χ2v) is 16.9. The van der Waals surface area contributed by atoms with Crippen molar-refractivity contribution in [1.82, 2.24) is 25.4 Å². The number of pyridine rings is 1. The Balaban J connectivity index is 1.09. The van der Waals surface area contributed by atoms with Crippen LogP contribution in [0, 0.1) is 36.5 Å². The number of hydrogen-bond donors (Lipinski definition) is 2. The quantitative estimate of drug-likeness (QED) is 0.140. The summed E-state index contributed by atoms with van der Waals surface area (Å²) in [6.07, 6.45) is 6.29. The maximum Gasteiger partial charge on any atom is 0.341 e. The Labute approximate surface area is 373 Å². The van der Waals surface area contributed by atoms with E-state index in [2.05, 4.69) is 27.8 Å². The van der Waals surface area contributed by atoms with Crippen LogP contribution in [0.3, 0.4) is 0 Å². The number of nitriles is 2. The second kappa shape index (κ2) is 19.3. The molecule has 2 aliphatic heterocycles. The smallest absolute Gasteiger partial charge is 0.339 e. The Morgan fingerprint density at radius 1 is 0.625 bits per heavy atom. The first kappa shape index (κ1) is 43.2. The number of likely N-dealkylation sites (tertiary alicyclic amines) is 2. The number of benzene rings is 4. The molecule has 13 heteroatoms. The number of urea groups is 2. The Bertz CT molecular complexity index is 2600. The minimum Gasteiger partial charge on any atom is -0.339 e. The number of carbonyl (C=O) groups excluding carboxylic acids is 4. The first-order valence-electron chi connectivity index (χ1n) is 22.0. The number of nitrogens with one attached hydrogen (secondary N) is 2. The largest absolute Gasteiger partial charge is 0.341 e. The average Bonchev–Trinajstić information content (AvgIpc) is 4.17. The lowest BCUT2D eigenvalue weighted by Crippen LogP contribution is -2.57. The molecular formula is C51H51N9O4. The summed E-state index contributed by atoms with van der Waals surface area (Å²) in [6.45, 7) is 5.92. The molecule has 0 atom stereocenters. The predicted octanol–water partition coefficient (Wildman–Crippen LogP) is 8.49. The van der Waals surface area contributed by atoms with Crippen molar-refractivity contribution in [2.45, 2.75) is 76.8 Å². The molecule has 3 aliphatic rings. The molecular weight excluding hydrogens is 803 g/mol. The van der Waals surface area contributed by atoms with Gasteiger partial charge < -0.3 is 20.4 Å². The van der Waals surface area contributed by atoms with Gasteiger partial charge in [-0.1, -0.05) is 42.5 Å². The van der Waals surface area contributed by atoms with Crippen LogP contribution in [-0.4, -0.2) is 70.9 Å². The Morgan fingerprint density at radius 2 is 1.09 bits per heavy atom. The summed E-state index contributed by atoms with van der Waals surface area (Å²) in [6, 6.07) is 34.1. The van der Waals surface area contributed by atoms with Crippen LogP contribution in [-0.2, 0) is 6.54 Å². The molecule has 4 aromatic carbocycles. The van der Waals surface area contributed by atoms with Crippen molar-refractivity contribution in [2.75, 3.05) is 36.2 Å². The third-order valence-electron chi connectivity index (χ3n) is 12.6. The zero-order valence-corrected chi connectivity index (χ0v) is 36.2. The number of hydrogen-bond acceptors (Lipinski definition) is 7. The van der Waals surface area contributed by atoms with Gasteiger partial charge in [0, 0.05) is 49.5 Å². The lowest BCUT2D eigenvalue weighted by Gasteiger charge is -2.36. The lowest BCUT2D eigenvalue weighted by molar-refractivity contribution is 0.0704. The summed E-state index contributed by atoms with van der Waals surface area (Å²) in [5.74, 6) is 0.174. The van der Waals surface area contributed by atoms with Crippen molar-refractivity contribution in [3.05, 3.63) is 160 Å². The number of hydrazine groups is 1. The molecule has 6 amide bonds. The van der Waals surface area contributed by atoms with Crippen molar-refractivity contribution < 1.29 is 19.2 Å². The summed E-state index contributed by atoms with van der Waals surface area (Å²) in [4.78, 5) is 66.0. The fraction of sp³-hybridized carbons (Fsp3) is 0.314. The van der Waals surface area contributed by atoms with Crippen LogP contribution < -0.4 is 20.7 Å². The summed E-state index contributed by atoms with van der Waals surface area (Å²) in [5.41, 5.74) is 6.97. The van der Waals surface area contributed by atoms with Crippen molar-refractivity contribution in [1.29, 1.82) is 10.5 Å². The van der Waals surface area contributed by atoms with E-state index < -0.39 is 12.1 Å². The molecule has 64 heavy (non-hydrogen) atoms. The molecule has 13 nitrogen and oxygen atoms in total. The van der Waals surface area contributed by atoms with Crippen LogP contribution in [0.4, 0.5) is 21.0 Å². The van der Waals surface area contributed by atoms with Gasteiger partial charge >= 0.3 is 12.1 Å². The molecule has 0 radical (unpaired) electrons. The highest BCUT2D eigenvalue weighted by Gasteiger charge is 2.36. The number of aromatic nitrogens is 1. The van der Waals surface area contributed by atoms with Crippen LogP contribution >= 0.6 is 0 Å². The van der Waals surface area contributed by atoms with Gasteiger partial charge in [-0.15, -0.1) is 0 Å². The van der Waals surface area contributed by atoms with E-state index in [0.717, 1.165) is 60.8 Å². The van der Waals surface area contributed by atoms with E-state index in [-0.39, 0.29) is 41.9 Å². The van der Waals surface area contributed by atoms with Gasteiger partial charge in [-0.3, -0.25) is 14.6 Å². The number of anilines is 2. The standard InChI is InChI=1S/C51H51N9O4/c1-34-6-18-44(29-46(34)48(61)57-25-20-40(21-26-57)38-12-8-36(31-52)9-13-38)59(50(63)55-33-43-5-3-4-24-54-43)60(51(64)56-42-16-17-42)45-19-7-35(2)47(30-45)49(62)58-27-22-41(23-28-58)39-14-10-37(32-53)11-15-39/h3-15,18-19,24,29-30,40-42H,16-17,20-23,25-28,33H2,1-2H3,(H,55,63)(H,56,64). The van der Waals surface area contributed by atoms with Gasteiger partial charge in [-0.25, -0.2) is 9.59 Å². The monoisotopic (exact) mass is 853 g/mol. The molecule has 0 bridgehead atoms. The van der Waals surface area contributed by atoms with Gasteiger partial charge in [-0.2, -0.15) is 20.5 Å². The van der Waals surface area contributed by atoms with Crippen LogP contribution in [0.5, 0.6) is 0 Å². The lowest BCUT2D eigenvalue weighted by atomic mass is 9.88. The van der Waals surface area contributed by atoms with E-state index in [1.165, 1.54) is 10.0 Å². The van der Waals surface area contributed by atoms with Gasteiger partial charge in [0.15, 0.2) is 0 Å². The number of rotatable bonds is 9. The molecule has 1 aliphatic carbocycles. The minimum absolute atomic E-state index is 0.0656. The van der Waals surface area contributed by atoms with Crippen molar-refractivity contribution in [2.24, 2.45) is 0 Å². The van der Waals surface area contributed by atoms with Gasteiger partial charge in [0.25, 0.3) is 11.8 Å². The van der Waals surface area contributed by atoms with Gasteiger partial charge in [0.05, 0.1) is 46.9 Å². The van der Waals surface area contributed by atoms with Crippen LogP contribution in [0.2, 0.25) is 0 Å². The highest BCUT2D eigenvalue weighted by molar-refractivity contribution is 6.07. The van der Waals surface area contributed by atoms with E-state index in [1.54, 1.807) is 54.7 Å². The maximum atomic E-state index is 14.7. The van der Waals surface area contributed by atoms with Crippen molar-refractivity contribution in [3.8, 4) is 12.1 Å². The molecule has 3 fully saturated rings. The van der Waals surface area contributed by atoms with E-state index >= 15 is 0 Å². The third-order valence-corrected chi connectivity index (χ3v) is 12.6. The number of piperidine rings is 2. The third kappa shape index (κ3) is 9.74. The van der Waals surface area contributed by atoms with Gasteiger partial charge in [0.1, 0.15) is 0 Å². The number of amides is 6. The highest BCUT2D eigenvalue weighted by atomic mass is 16.2. The van der Waals surface area contributed by atoms with E-state index in [4.69, 9.17) is 0 Å². The molecule has 5 aromatic rings. The Kier molecular flexibility index (Phi) is 13.0. The van der Waals surface area contributed by atoms with E-state index in [0.29, 0.717) is 59.8 Å². The molecule has 2 N–H and O–H groups in total. The predicted molar refractivity (Wildman–Crippen MR) is 243 cm³/mol. The Hall–Kier alpha value is -7.51. The van der Waals surface area contributed by atoms with Crippen LogP contribution in [0.25, 0.3) is 0 Å². The number of aryl methyl sites for hydroxylation is 2. The first-order chi connectivity index (χ1) is 31.1. The number of carbonyl (C=O) groups is 4. The summed E-state index contributed by atoms with van der Waals surface area (Å²) >= 11 is 0. The minimum atomic E-state index is -0.639. The SMILES string of the molecule is Cc1ccc(N(C(=O)NCc2ccccn2)N(C(=O)NC2CC2)c2ccc(C)c(C(=O)N3CCC(c4ccc(C#N)cc4)CC3)c2)cc1C(=O)N1CCC(c2ccc(C#N)cc2)CC1. The van der Waals surface area contributed by atoms with E-state index in [1.807, 2.05) is 78.2 Å². The summed E-state index contributed by atoms with van der Waals surface area (Å²) < 4.78 is 0. The number of nitrogens with zero attached hydrogens (tertiary/aromatic N) is 7. The topological polar surface area (TPSA) is 166 Å². The van der Waals surface area contributed by atoms with Gasteiger partial charge in [0.2, 0.25) is 0 Å². The van der Waals surface area contributed by atoms with Gasteiger partial charge in [-0.05, 0) is 147 Å². The van der Waals surface area contributed by atoms with Crippen LogP contribution in [0.15, 0.2) is 109 Å². The second-order valence-electron chi connectivity index (χ2n) is 16.9. The molecule has 0 spiro atoms. The molecule has 8 rings (SSSR count). The Morgan fingerprint density at radius 3 is 1.52 bits per heavy atom.